The molecule has 5 nitrogen and oxygen atoms in total. The predicted octanol–water partition coefficient (Wildman–Crippen LogP) is 1.36. The standard InChI is InChI=1S/C11H15ClN2O3/c1-4-17-11(16)7(2)13-10(15)9-5-8(12)6-14(9)3/h5-7H,4H2,1-3H3,(H,13,15). The molecule has 1 rings (SSSR count). The van der Waals surface area contributed by atoms with Gasteiger partial charge in [-0.15, -0.1) is 0 Å². The number of nitrogens with zero attached hydrogens (tertiary/aromatic N) is 1. The topological polar surface area (TPSA) is 60.3 Å². The first-order chi connectivity index (χ1) is 7.95. The average Bonchev–Trinajstić information content (AvgIpc) is 2.58. The van der Waals surface area contributed by atoms with Crippen LogP contribution >= 0.6 is 11.6 Å². The summed E-state index contributed by atoms with van der Waals surface area (Å²) in [5.74, 6) is -0.818. The minimum Gasteiger partial charge on any atom is -0.464 e. The van der Waals surface area contributed by atoms with Crippen LogP contribution in [0.25, 0.3) is 0 Å². The number of ether oxygens (including phenoxy) is 1. The summed E-state index contributed by atoms with van der Waals surface area (Å²) >= 11 is 5.77. The molecule has 0 aliphatic heterocycles. The number of amides is 1. The Bertz CT molecular complexity index is 428. The van der Waals surface area contributed by atoms with Crippen LogP contribution in [-0.4, -0.2) is 29.1 Å². The quantitative estimate of drug-likeness (QED) is 0.830. The molecule has 0 spiro atoms. The molecule has 0 bridgehead atoms. The molecule has 0 saturated heterocycles. The molecule has 1 unspecified atom stereocenters. The van der Waals surface area contributed by atoms with Crippen molar-refractivity contribution in [2.24, 2.45) is 7.05 Å². The van der Waals surface area contributed by atoms with Crippen molar-refractivity contribution in [3.05, 3.63) is 23.0 Å². The Balaban J connectivity index is 2.66. The molecule has 0 saturated carbocycles. The Morgan fingerprint density at radius 1 is 1.59 bits per heavy atom. The van der Waals surface area contributed by atoms with Gasteiger partial charge in [-0.2, -0.15) is 0 Å². The Kier molecular flexibility index (Phi) is 4.57. The predicted molar refractivity (Wildman–Crippen MR) is 64.0 cm³/mol. The highest BCUT2D eigenvalue weighted by Gasteiger charge is 2.19. The summed E-state index contributed by atoms with van der Waals surface area (Å²) in [7, 11) is 1.70. The largest absolute Gasteiger partial charge is 0.464 e. The minimum absolute atomic E-state index is 0.287. The molecular formula is C11H15ClN2O3. The second-order valence-corrected chi connectivity index (χ2v) is 4.04. The van der Waals surface area contributed by atoms with E-state index in [1.54, 1.807) is 31.7 Å². The van der Waals surface area contributed by atoms with E-state index >= 15 is 0 Å². The Labute approximate surface area is 105 Å². The smallest absolute Gasteiger partial charge is 0.328 e. The zero-order valence-electron chi connectivity index (χ0n) is 9.99. The number of esters is 1. The van der Waals surface area contributed by atoms with Gasteiger partial charge in [0.2, 0.25) is 0 Å². The van der Waals surface area contributed by atoms with Crippen molar-refractivity contribution in [3.63, 3.8) is 0 Å². The molecule has 1 aromatic heterocycles. The van der Waals surface area contributed by atoms with Crippen LogP contribution in [0, 0.1) is 0 Å². The van der Waals surface area contributed by atoms with E-state index in [1.807, 2.05) is 0 Å². The molecule has 0 aliphatic carbocycles. The van der Waals surface area contributed by atoms with E-state index < -0.39 is 12.0 Å². The van der Waals surface area contributed by atoms with Crippen LogP contribution in [0.15, 0.2) is 12.3 Å². The van der Waals surface area contributed by atoms with E-state index in [4.69, 9.17) is 16.3 Å². The summed E-state index contributed by atoms with van der Waals surface area (Å²) in [6.45, 7) is 3.57. The molecule has 94 valence electrons. The Morgan fingerprint density at radius 2 is 2.24 bits per heavy atom. The Morgan fingerprint density at radius 3 is 2.71 bits per heavy atom. The first-order valence-electron chi connectivity index (χ1n) is 5.25. The van der Waals surface area contributed by atoms with E-state index in [0.29, 0.717) is 10.7 Å². The van der Waals surface area contributed by atoms with Crippen LogP contribution in [0.3, 0.4) is 0 Å². The zero-order valence-corrected chi connectivity index (χ0v) is 10.7. The van der Waals surface area contributed by atoms with Crippen molar-refractivity contribution in [2.75, 3.05) is 6.61 Å². The third-order valence-corrected chi connectivity index (χ3v) is 2.40. The van der Waals surface area contributed by atoms with Gasteiger partial charge in [0.15, 0.2) is 0 Å². The summed E-state index contributed by atoms with van der Waals surface area (Å²) in [5, 5.41) is 3.02. The van der Waals surface area contributed by atoms with Crippen LogP contribution in [0.5, 0.6) is 0 Å². The summed E-state index contributed by atoms with van der Waals surface area (Å²) in [6, 6.07) is 0.852. The lowest BCUT2D eigenvalue weighted by Gasteiger charge is -2.12. The van der Waals surface area contributed by atoms with Crippen molar-refractivity contribution in [2.45, 2.75) is 19.9 Å². The van der Waals surface area contributed by atoms with E-state index in [0.717, 1.165) is 0 Å². The number of aryl methyl sites for hydroxylation is 1. The number of carbonyl (C=O) groups excluding carboxylic acids is 2. The number of hydrogen-bond donors (Lipinski definition) is 1. The highest BCUT2D eigenvalue weighted by atomic mass is 35.5. The third kappa shape index (κ3) is 3.49. The fourth-order valence-corrected chi connectivity index (χ4v) is 1.60. The second-order valence-electron chi connectivity index (χ2n) is 3.60. The van der Waals surface area contributed by atoms with E-state index in [-0.39, 0.29) is 12.5 Å². The first-order valence-corrected chi connectivity index (χ1v) is 5.62. The molecule has 0 aromatic carbocycles. The zero-order chi connectivity index (χ0) is 13.0. The van der Waals surface area contributed by atoms with Crippen molar-refractivity contribution in [1.82, 2.24) is 9.88 Å². The van der Waals surface area contributed by atoms with Crippen LogP contribution in [-0.2, 0) is 16.6 Å². The number of hydrogen-bond acceptors (Lipinski definition) is 3. The summed E-state index contributed by atoms with van der Waals surface area (Å²) in [5.41, 5.74) is 0.395. The van der Waals surface area contributed by atoms with E-state index in [9.17, 15) is 9.59 Å². The van der Waals surface area contributed by atoms with Gasteiger partial charge in [-0.25, -0.2) is 4.79 Å². The lowest BCUT2D eigenvalue weighted by atomic mass is 10.3. The van der Waals surface area contributed by atoms with Crippen LogP contribution in [0.1, 0.15) is 24.3 Å². The van der Waals surface area contributed by atoms with Gasteiger partial charge in [-0.05, 0) is 19.9 Å². The monoisotopic (exact) mass is 258 g/mol. The summed E-state index contributed by atoms with van der Waals surface area (Å²) in [6.07, 6.45) is 1.62. The fourth-order valence-electron chi connectivity index (χ4n) is 1.35. The number of halogens is 1. The van der Waals surface area contributed by atoms with Crippen LogP contribution in [0.4, 0.5) is 0 Å². The average molecular weight is 259 g/mol. The molecule has 6 heteroatoms. The molecule has 0 fully saturated rings. The Hall–Kier alpha value is -1.49. The molecule has 1 heterocycles. The van der Waals surface area contributed by atoms with Crippen molar-refractivity contribution in [3.8, 4) is 0 Å². The SMILES string of the molecule is CCOC(=O)C(C)NC(=O)c1cc(Cl)cn1C. The van der Waals surface area contributed by atoms with E-state index in [1.165, 1.54) is 6.07 Å². The molecular weight excluding hydrogens is 244 g/mol. The molecule has 1 atom stereocenters. The third-order valence-electron chi connectivity index (χ3n) is 2.19. The van der Waals surface area contributed by atoms with Crippen molar-refractivity contribution in [1.29, 1.82) is 0 Å². The van der Waals surface area contributed by atoms with E-state index in [2.05, 4.69) is 5.32 Å². The summed E-state index contributed by atoms with van der Waals surface area (Å²) in [4.78, 5) is 23.1. The van der Waals surface area contributed by atoms with Gasteiger partial charge in [0.1, 0.15) is 11.7 Å². The molecule has 17 heavy (non-hydrogen) atoms. The summed E-state index contributed by atoms with van der Waals surface area (Å²) < 4.78 is 6.38. The van der Waals surface area contributed by atoms with Crippen LogP contribution in [0.2, 0.25) is 5.02 Å². The maximum absolute atomic E-state index is 11.8. The maximum atomic E-state index is 11.8. The number of rotatable bonds is 4. The molecule has 0 radical (unpaired) electrons. The van der Waals surface area contributed by atoms with Gasteiger partial charge in [-0.3, -0.25) is 4.79 Å². The van der Waals surface area contributed by atoms with Crippen LogP contribution < -0.4 is 5.32 Å². The molecule has 0 aliphatic rings. The lowest BCUT2D eigenvalue weighted by Crippen LogP contribution is -2.40. The molecule has 1 amide bonds. The van der Waals surface area contributed by atoms with Gasteiger partial charge in [0.05, 0.1) is 11.6 Å². The number of carbonyl (C=O) groups is 2. The number of nitrogens with one attached hydrogen (secondary N) is 1. The minimum atomic E-state index is -0.684. The highest BCUT2D eigenvalue weighted by Crippen LogP contribution is 2.12. The highest BCUT2D eigenvalue weighted by molar-refractivity contribution is 6.31. The normalized spacial score (nSPS) is 12.0. The van der Waals surface area contributed by atoms with Gasteiger partial charge >= 0.3 is 5.97 Å². The van der Waals surface area contributed by atoms with Crippen molar-refractivity contribution >= 4 is 23.5 Å². The lowest BCUT2D eigenvalue weighted by molar-refractivity contribution is -0.144. The number of aromatic nitrogens is 1. The fraction of sp³-hybridized carbons (Fsp3) is 0.455. The first kappa shape index (κ1) is 13.6. The van der Waals surface area contributed by atoms with Gasteiger partial charge < -0.3 is 14.6 Å². The van der Waals surface area contributed by atoms with Gasteiger partial charge in [-0.1, -0.05) is 11.6 Å². The van der Waals surface area contributed by atoms with Gasteiger partial charge in [0, 0.05) is 13.2 Å². The van der Waals surface area contributed by atoms with Gasteiger partial charge in [0.25, 0.3) is 5.91 Å². The maximum Gasteiger partial charge on any atom is 0.328 e. The second kappa shape index (κ2) is 5.72. The molecule has 1 aromatic rings. The van der Waals surface area contributed by atoms with Crippen molar-refractivity contribution < 1.29 is 14.3 Å². The molecule has 1 N–H and O–H groups in total.